The number of rotatable bonds is 2. The van der Waals surface area contributed by atoms with E-state index in [1.165, 1.54) is 12.4 Å². The number of carbonyl (C=O) groups excluding carboxylic acids is 1. The first-order valence-corrected chi connectivity index (χ1v) is 6.65. The number of amides is 1. The second kappa shape index (κ2) is 5.25. The number of aromatic amines is 1. The maximum atomic E-state index is 14.0. The van der Waals surface area contributed by atoms with Crippen LogP contribution in [0.4, 0.5) is 10.1 Å². The molecule has 2 aromatic rings. The van der Waals surface area contributed by atoms with Gasteiger partial charge in [0, 0.05) is 12.7 Å². The minimum absolute atomic E-state index is 0.0475. The standard InChI is InChI=1S/C14H14FN3O3/c1-7-2-3-21-12(7)14(20)18-11-4-8-10(5-9(11)15)16-6-17-13(8)19/h4-7,12H,2-3H2,1H3,(H,18,20)(H,16,17,19)/t7-,12+/m0/s1. The highest BCUT2D eigenvalue weighted by atomic mass is 19.1. The van der Waals surface area contributed by atoms with Crippen molar-refractivity contribution < 1.29 is 13.9 Å². The topological polar surface area (TPSA) is 84.1 Å². The number of carbonyl (C=O) groups is 1. The summed E-state index contributed by atoms with van der Waals surface area (Å²) in [7, 11) is 0. The van der Waals surface area contributed by atoms with Gasteiger partial charge in [-0.1, -0.05) is 6.92 Å². The average molecular weight is 291 g/mol. The van der Waals surface area contributed by atoms with Crippen molar-refractivity contribution in [2.75, 3.05) is 11.9 Å². The van der Waals surface area contributed by atoms with E-state index in [9.17, 15) is 14.0 Å². The number of nitrogens with one attached hydrogen (secondary N) is 2. The van der Waals surface area contributed by atoms with Crippen LogP contribution >= 0.6 is 0 Å². The van der Waals surface area contributed by atoms with Crippen LogP contribution in [0, 0.1) is 11.7 Å². The molecule has 7 heteroatoms. The summed E-state index contributed by atoms with van der Waals surface area (Å²) in [5.41, 5.74) is -0.200. The van der Waals surface area contributed by atoms with Gasteiger partial charge in [0.05, 0.1) is 22.9 Å². The second-order valence-corrected chi connectivity index (χ2v) is 5.13. The van der Waals surface area contributed by atoms with Crippen LogP contribution in [0.1, 0.15) is 13.3 Å². The van der Waals surface area contributed by atoms with Crippen molar-refractivity contribution in [2.24, 2.45) is 5.92 Å². The van der Waals surface area contributed by atoms with E-state index in [2.05, 4.69) is 15.3 Å². The molecule has 1 aromatic heterocycles. The third-order valence-electron chi connectivity index (χ3n) is 3.63. The van der Waals surface area contributed by atoms with E-state index in [0.29, 0.717) is 6.61 Å². The van der Waals surface area contributed by atoms with Crippen molar-refractivity contribution in [2.45, 2.75) is 19.4 Å². The lowest BCUT2D eigenvalue weighted by Crippen LogP contribution is -2.31. The number of halogens is 1. The fourth-order valence-electron chi connectivity index (χ4n) is 2.42. The molecular formula is C14H14FN3O3. The van der Waals surface area contributed by atoms with Gasteiger partial charge in [-0.25, -0.2) is 9.37 Å². The third kappa shape index (κ3) is 2.52. The fourth-order valence-corrected chi connectivity index (χ4v) is 2.42. The fraction of sp³-hybridized carbons (Fsp3) is 0.357. The van der Waals surface area contributed by atoms with Gasteiger partial charge < -0.3 is 15.0 Å². The van der Waals surface area contributed by atoms with Crippen LogP contribution in [-0.4, -0.2) is 28.6 Å². The molecule has 1 aliphatic heterocycles. The highest BCUT2D eigenvalue weighted by Crippen LogP contribution is 2.24. The molecule has 0 bridgehead atoms. The van der Waals surface area contributed by atoms with E-state index in [-0.39, 0.29) is 28.1 Å². The van der Waals surface area contributed by atoms with Crippen LogP contribution in [0.15, 0.2) is 23.3 Å². The van der Waals surface area contributed by atoms with Gasteiger partial charge in [-0.3, -0.25) is 9.59 Å². The van der Waals surface area contributed by atoms with Gasteiger partial charge in [0.2, 0.25) is 0 Å². The van der Waals surface area contributed by atoms with Crippen molar-refractivity contribution in [3.8, 4) is 0 Å². The van der Waals surface area contributed by atoms with E-state index in [1.807, 2.05) is 6.92 Å². The number of benzene rings is 1. The number of H-pyrrole nitrogens is 1. The first-order valence-electron chi connectivity index (χ1n) is 6.65. The number of ether oxygens (including phenoxy) is 1. The zero-order chi connectivity index (χ0) is 15.0. The molecule has 21 heavy (non-hydrogen) atoms. The van der Waals surface area contributed by atoms with Crippen LogP contribution in [0.2, 0.25) is 0 Å². The highest BCUT2D eigenvalue weighted by Gasteiger charge is 2.31. The number of anilines is 1. The van der Waals surface area contributed by atoms with Gasteiger partial charge in [-0.05, 0) is 18.4 Å². The van der Waals surface area contributed by atoms with Crippen molar-refractivity contribution in [1.29, 1.82) is 0 Å². The number of fused-ring (bicyclic) bond motifs is 1. The lowest BCUT2D eigenvalue weighted by atomic mass is 10.0. The highest BCUT2D eigenvalue weighted by molar-refractivity contribution is 5.96. The second-order valence-electron chi connectivity index (χ2n) is 5.13. The van der Waals surface area contributed by atoms with Gasteiger partial charge in [0.25, 0.3) is 11.5 Å². The number of aromatic nitrogens is 2. The van der Waals surface area contributed by atoms with Crippen LogP contribution < -0.4 is 10.9 Å². The molecule has 0 aliphatic carbocycles. The molecule has 0 saturated carbocycles. The van der Waals surface area contributed by atoms with E-state index in [1.54, 1.807) is 0 Å². The Morgan fingerprint density at radius 1 is 1.52 bits per heavy atom. The first kappa shape index (κ1) is 13.7. The molecule has 1 aliphatic rings. The minimum Gasteiger partial charge on any atom is -0.368 e. The lowest BCUT2D eigenvalue weighted by Gasteiger charge is -2.15. The molecule has 0 spiro atoms. The Kier molecular flexibility index (Phi) is 3.42. The zero-order valence-electron chi connectivity index (χ0n) is 11.4. The number of hydrogen-bond donors (Lipinski definition) is 2. The lowest BCUT2D eigenvalue weighted by molar-refractivity contribution is -0.126. The largest absolute Gasteiger partial charge is 0.368 e. The van der Waals surface area contributed by atoms with Gasteiger partial charge >= 0.3 is 0 Å². The smallest absolute Gasteiger partial charge is 0.258 e. The molecule has 2 heterocycles. The summed E-state index contributed by atoms with van der Waals surface area (Å²) >= 11 is 0. The molecular weight excluding hydrogens is 277 g/mol. The molecule has 3 rings (SSSR count). The molecule has 1 amide bonds. The van der Waals surface area contributed by atoms with Crippen molar-refractivity contribution in [3.63, 3.8) is 0 Å². The van der Waals surface area contributed by atoms with Gasteiger partial charge in [-0.2, -0.15) is 0 Å². The monoisotopic (exact) mass is 291 g/mol. The third-order valence-corrected chi connectivity index (χ3v) is 3.63. The Bertz CT molecular complexity index is 759. The van der Waals surface area contributed by atoms with Gasteiger partial charge in [0.15, 0.2) is 0 Å². The number of nitrogens with zero attached hydrogens (tertiary/aromatic N) is 1. The molecule has 1 saturated heterocycles. The Hall–Kier alpha value is -2.28. The van der Waals surface area contributed by atoms with Crippen molar-refractivity contribution in [1.82, 2.24) is 9.97 Å². The van der Waals surface area contributed by atoms with Crippen LogP contribution in [-0.2, 0) is 9.53 Å². The molecule has 6 nitrogen and oxygen atoms in total. The van der Waals surface area contributed by atoms with E-state index < -0.39 is 17.8 Å². The zero-order valence-corrected chi connectivity index (χ0v) is 11.4. The minimum atomic E-state index is -0.639. The summed E-state index contributed by atoms with van der Waals surface area (Å²) in [5.74, 6) is -0.961. The van der Waals surface area contributed by atoms with Gasteiger partial charge in [0.1, 0.15) is 11.9 Å². The normalized spacial score (nSPS) is 21.6. The summed E-state index contributed by atoms with van der Waals surface area (Å²) in [6.07, 6.45) is 1.41. The van der Waals surface area contributed by atoms with Crippen molar-refractivity contribution >= 4 is 22.5 Å². The predicted octanol–water partition coefficient (Wildman–Crippen LogP) is 1.43. The van der Waals surface area contributed by atoms with E-state index in [0.717, 1.165) is 12.5 Å². The summed E-state index contributed by atoms with van der Waals surface area (Å²) < 4.78 is 19.3. The van der Waals surface area contributed by atoms with Crippen LogP contribution in [0.25, 0.3) is 10.9 Å². The Labute approximate surface area is 119 Å². The summed E-state index contributed by atoms with van der Waals surface area (Å²) in [6, 6.07) is 2.41. The van der Waals surface area contributed by atoms with Gasteiger partial charge in [-0.15, -0.1) is 0 Å². The molecule has 1 aromatic carbocycles. The maximum absolute atomic E-state index is 14.0. The average Bonchev–Trinajstić information content (AvgIpc) is 2.87. The van der Waals surface area contributed by atoms with E-state index >= 15 is 0 Å². The number of hydrogen-bond acceptors (Lipinski definition) is 4. The summed E-state index contributed by atoms with van der Waals surface area (Å²) in [4.78, 5) is 30.1. The summed E-state index contributed by atoms with van der Waals surface area (Å²) in [5, 5.41) is 2.70. The SMILES string of the molecule is C[C@H]1CCO[C@H]1C(=O)Nc1cc2c(=O)[nH]cnc2cc1F. The molecule has 2 N–H and O–H groups in total. The van der Waals surface area contributed by atoms with Crippen LogP contribution in [0.5, 0.6) is 0 Å². The van der Waals surface area contributed by atoms with Crippen molar-refractivity contribution in [3.05, 3.63) is 34.6 Å². The molecule has 0 radical (unpaired) electrons. The van der Waals surface area contributed by atoms with E-state index in [4.69, 9.17) is 4.74 Å². The molecule has 110 valence electrons. The predicted molar refractivity (Wildman–Crippen MR) is 74.5 cm³/mol. The Morgan fingerprint density at radius 2 is 2.33 bits per heavy atom. The Balaban J connectivity index is 1.93. The summed E-state index contributed by atoms with van der Waals surface area (Å²) in [6.45, 7) is 2.42. The maximum Gasteiger partial charge on any atom is 0.258 e. The quantitative estimate of drug-likeness (QED) is 0.876. The molecule has 1 fully saturated rings. The molecule has 2 atom stereocenters. The molecule has 0 unspecified atom stereocenters. The Morgan fingerprint density at radius 3 is 3.05 bits per heavy atom. The first-order chi connectivity index (χ1) is 10.1. The van der Waals surface area contributed by atoms with Crippen LogP contribution in [0.3, 0.4) is 0 Å².